The van der Waals surface area contributed by atoms with E-state index in [4.69, 9.17) is 4.74 Å². The Hall–Kier alpha value is -2.92. The normalized spacial score (nSPS) is 15.7. The Morgan fingerprint density at radius 3 is 2.74 bits per heavy atom. The molecule has 1 N–H and O–H groups in total. The lowest BCUT2D eigenvalue weighted by Crippen LogP contribution is -2.27. The number of hydrogen-bond acceptors (Lipinski definition) is 4. The molecule has 4 rings (SSSR count). The van der Waals surface area contributed by atoms with Crippen LogP contribution in [0.5, 0.6) is 0 Å². The number of esters is 1. The first-order valence-corrected chi connectivity index (χ1v) is 9.78. The SMILES string of the molecule is O=C(NCCc1cccs1)c1ccc2c(c1)C[C@@H](c1ccccc1)OC2=O. The second kappa shape index (κ2) is 7.76. The van der Waals surface area contributed by atoms with E-state index >= 15 is 0 Å². The van der Waals surface area contributed by atoms with E-state index in [2.05, 4.69) is 11.4 Å². The van der Waals surface area contributed by atoms with Crippen molar-refractivity contribution in [1.82, 2.24) is 5.32 Å². The highest BCUT2D eigenvalue weighted by Crippen LogP contribution is 2.31. The number of hydrogen-bond donors (Lipinski definition) is 1. The number of fused-ring (bicyclic) bond motifs is 1. The molecule has 0 radical (unpaired) electrons. The summed E-state index contributed by atoms with van der Waals surface area (Å²) in [6, 6.07) is 18.9. The first kappa shape index (κ1) is 17.5. The number of benzene rings is 2. The molecule has 2 heterocycles. The van der Waals surface area contributed by atoms with Crippen molar-refractivity contribution in [2.45, 2.75) is 18.9 Å². The van der Waals surface area contributed by atoms with Crippen molar-refractivity contribution in [3.8, 4) is 0 Å². The van der Waals surface area contributed by atoms with Crippen molar-refractivity contribution in [3.63, 3.8) is 0 Å². The maximum Gasteiger partial charge on any atom is 0.339 e. The van der Waals surface area contributed by atoms with Gasteiger partial charge in [0.2, 0.25) is 0 Å². The van der Waals surface area contributed by atoms with Gasteiger partial charge in [-0.25, -0.2) is 4.79 Å². The van der Waals surface area contributed by atoms with Crippen LogP contribution in [-0.4, -0.2) is 18.4 Å². The summed E-state index contributed by atoms with van der Waals surface area (Å²) in [6.07, 6.45) is 1.07. The molecule has 0 unspecified atom stereocenters. The minimum absolute atomic E-state index is 0.121. The van der Waals surface area contributed by atoms with E-state index in [1.807, 2.05) is 47.8 Å². The van der Waals surface area contributed by atoms with Gasteiger partial charge < -0.3 is 10.1 Å². The summed E-state index contributed by atoms with van der Waals surface area (Å²) < 4.78 is 5.57. The summed E-state index contributed by atoms with van der Waals surface area (Å²) in [5.41, 5.74) is 2.92. The molecule has 5 heteroatoms. The van der Waals surface area contributed by atoms with Crippen LogP contribution < -0.4 is 5.32 Å². The van der Waals surface area contributed by atoms with Crippen LogP contribution in [0.4, 0.5) is 0 Å². The third kappa shape index (κ3) is 3.93. The van der Waals surface area contributed by atoms with Crippen molar-refractivity contribution in [2.75, 3.05) is 6.54 Å². The fourth-order valence-corrected chi connectivity index (χ4v) is 3.96. The molecule has 0 saturated carbocycles. The van der Waals surface area contributed by atoms with Gasteiger partial charge in [-0.3, -0.25) is 4.79 Å². The van der Waals surface area contributed by atoms with Crippen molar-refractivity contribution in [1.29, 1.82) is 0 Å². The summed E-state index contributed by atoms with van der Waals surface area (Å²) >= 11 is 1.68. The Morgan fingerprint density at radius 2 is 1.96 bits per heavy atom. The van der Waals surface area contributed by atoms with Crippen LogP contribution >= 0.6 is 11.3 Å². The number of cyclic esters (lactones) is 1. The highest BCUT2D eigenvalue weighted by atomic mass is 32.1. The molecule has 1 aliphatic rings. The first-order chi connectivity index (χ1) is 13.2. The van der Waals surface area contributed by atoms with Crippen LogP contribution in [0.3, 0.4) is 0 Å². The number of ether oxygens (including phenoxy) is 1. The Bertz CT molecular complexity index is 951. The molecule has 0 bridgehead atoms. The number of carbonyl (C=O) groups excluding carboxylic acids is 2. The van der Waals surface area contributed by atoms with Gasteiger partial charge in [-0.05, 0) is 47.2 Å². The largest absolute Gasteiger partial charge is 0.454 e. The molecular weight excluding hydrogens is 358 g/mol. The monoisotopic (exact) mass is 377 g/mol. The first-order valence-electron chi connectivity index (χ1n) is 8.90. The lowest BCUT2D eigenvalue weighted by Gasteiger charge is -2.25. The van der Waals surface area contributed by atoms with E-state index in [9.17, 15) is 9.59 Å². The zero-order valence-electron chi connectivity index (χ0n) is 14.7. The summed E-state index contributed by atoms with van der Waals surface area (Å²) in [7, 11) is 0. The molecule has 4 nitrogen and oxygen atoms in total. The standard InChI is InChI=1S/C22H19NO3S/c24-21(23-11-10-18-7-4-12-27-18)16-8-9-19-17(13-16)14-20(26-22(19)25)15-5-2-1-3-6-15/h1-9,12-13,20H,10-11,14H2,(H,23,24)/t20-/m0/s1. The van der Waals surface area contributed by atoms with E-state index in [1.165, 1.54) is 4.88 Å². The lowest BCUT2D eigenvalue weighted by atomic mass is 9.93. The van der Waals surface area contributed by atoms with Gasteiger partial charge in [-0.2, -0.15) is 0 Å². The Balaban J connectivity index is 1.47. The lowest BCUT2D eigenvalue weighted by molar-refractivity contribution is 0.0252. The predicted molar refractivity (Wildman–Crippen MR) is 105 cm³/mol. The second-order valence-electron chi connectivity index (χ2n) is 6.47. The maximum absolute atomic E-state index is 12.5. The summed E-state index contributed by atoms with van der Waals surface area (Å²) in [5.74, 6) is -0.459. The fraction of sp³-hybridized carbons (Fsp3) is 0.182. The summed E-state index contributed by atoms with van der Waals surface area (Å²) in [5, 5.41) is 4.98. The van der Waals surface area contributed by atoms with Gasteiger partial charge in [0.25, 0.3) is 5.91 Å². The van der Waals surface area contributed by atoms with E-state index in [1.54, 1.807) is 23.5 Å². The highest BCUT2D eigenvalue weighted by molar-refractivity contribution is 7.09. The molecular formula is C22H19NO3S. The third-order valence-electron chi connectivity index (χ3n) is 4.65. The number of nitrogens with one attached hydrogen (secondary N) is 1. The van der Waals surface area contributed by atoms with Gasteiger partial charge in [-0.15, -0.1) is 11.3 Å². The molecule has 1 aliphatic heterocycles. The zero-order chi connectivity index (χ0) is 18.6. The minimum Gasteiger partial charge on any atom is -0.454 e. The maximum atomic E-state index is 12.5. The smallest absolute Gasteiger partial charge is 0.339 e. The molecule has 1 atom stereocenters. The number of thiophene rings is 1. The van der Waals surface area contributed by atoms with Crippen LogP contribution in [-0.2, 0) is 17.6 Å². The molecule has 1 amide bonds. The van der Waals surface area contributed by atoms with Gasteiger partial charge in [0.15, 0.2) is 0 Å². The molecule has 2 aromatic carbocycles. The average molecular weight is 377 g/mol. The van der Waals surface area contributed by atoms with E-state index < -0.39 is 0 Å². The fourth-order valence-electron chi connectivity index (χ4n) is 3.25. The topological polar surface area (TPSA) is 55.4 Å². The Labute approximate surface area is 161 Å². The average Bonchev–Trinajstić information content (AvgIpc) is 3.21. The summed E-state index contributed by atoms with van der Waals surface area (Å²) in [4.78, 5) is 26.0. The number of rotatable bonds is 5. The molecule has 27 heavy (non-hydrogen) atoms. The van der Waals surface area contributed by atoms with Gasteiger partial charge in [0.1, 0.15) is 6.10 Å². The van der Waals surface area contributed by atoms with Crippen LogP contribution in [0.25, 0.3) is 0 Å². The molecule has 0 spiro atoms. The van der Waals surface area contributed by atoms with E-state index in [-0.39, 0.29) is 18.0 Å². The van der Waals surface area contributed by atoms with E-state index in [0.29, 0.717) is 24.1 Å². The molecule has 0 fully saturated rings. The van der Waals surface area contributed by atoms with Crippen molar-refractivity contribution >= 4 is 23.2 Å². The molecule has 136 valence electrons. The Kier molecular flexibility index (Phi) is 5.03. The molecule has 3 aromatic rings. The summed E-state index contributed by atoms with van der Waals surface area (Å²) in [6.45, 7) is 0.588. The quantitative estimate of drug-likeness (QED) is 0.679. The van der Waals surface area contributed by atoms with Crippen molar-refractivity contribution in [3.05, 3.63) is 93.2 Å². The molecule has 0 aliphatic carbocycles. The van der Waals surface area contributed by atoms with Crippen LogP contribution in [0.15, 0.2) is 66.0 Å². The van der Waals surface area contributed by atoms with E-state index in [0.717, 1.165) is 17.5 Å². The number of amides is 1. The molecule has 0 saturated heterocycles. The number of carbonyl (C=O) groups is 2. The van der Waals surface area contributed by atoms with Gasteiger partial charge in [-0.1, -0.05) is 36.4 Å². The van der Waals surface area contributed by atoms with Crippen molar-refractivity contribution in [2.24, 2.45) is 0 Å². The Morgan fingerprint density at radius 1 is 1.11 bits per heavy atom. The van der Waals surface area contributed by atoms with Gasteiger partial charge in [0, 0.05) is 23.4 Å². The van der Waals surface area contributed by atoms with Gasteiger partial charge in [0.05, 0.1) is 5.56 Å². The van der Waals surface area contributed by atoms with Crippen LogP contribution in [0.1, 0.15) is 42.8 Å². The van der Waals surface area contributed by atoms with Gasteiger partial charge >= 0.3 is 5.97 Å². The van der Waals surface area contributed by atoms with Crippen LogP contribution in [0.2, 0.25) is 0 Å². The second-order valence-corrected chi connectivity index (χ2v) is 7.50. The zero-order valence-corrected chi connectivity index (χ0v) is 15.5. The minimum atomic E-state index is -0.338. The predicted octanol–water partition coefficient (Wildman–Crippen LogP) is 4.17. The molecule has 1 aromatic heterocycles. The van der Waals surface area contributed by atoms with Crippen LogP contribution in [0, 0.1) is 0 Å². The van der Waals surface area contributed by atoms with Crippen molar-refractivity contribution < 1.29 is 14.3 Å². The highest BCUT2D eigenvalue weighted by Gasteiger charge is 2.28. The third-order valence-corrected chi connectivity index (χ3v) is 5.59.